The van der Waals surface area contributed by atoms with Crippen molar-refractivity contribution in [3.05, 3.63) is 41.5 Å². The quantitative estimate of drug-likeness (QED) is 0.723. The summed E-state index contributed by atoms with van der Waals surface area (Å²) in [5.74, 6) is 1.88. The van der Waals surface area contributed by atoms with Gasteiger partial charge in [-0.2, -0.15) is 0 Å². The largest absolute Gasteiger partial charge is 0.436 e. The third-order valence-electron chi connectivity index (χ3n) is 3.24. The number of nitrogens with two attached hydrogens (primary N) is 1. The normalized spacial score (nSPS) is 10.9. The number of aryl methyl sites for hydroxylation is 3. The molecular formula is C14H15N5O. The second-order valence-electron chi connectivity index (χ2n) is 4.75. The van der Waals surface area contributed by atoms with Gasteiger partial charge in [0.15, 0.2) is 0 Å². The van der Waals surface area contributed by atoms with E-state index in [1.165, 1.54) is 0 Å². The Bertz CT molecular complexity index is 794. The van der Waals surface area contributed by atoms with Crippen LogP contribution in [0.4, 0.5) is 5.69 Å². The van der Waals surface area contributed by atoms with Crippen molar-refractivity contribution in [1.82, 2.24) is 19.6 Å². The van der Waals surface area contributed by atoms with Crippen LogP contribution in [0.25, 0.3) is 5.65 Å². The van der Waals surface area contributed by atoms with Crippen LogP contribution in [-0.2, 0) is 0 Å². The van der Waals surface area contributed by atoms with E-state index in [0.717, 1.165) is 17.0 Å². The number of nitrogen functional groups attached to an aromatic ring is 1. The first-order valence-electron chi connectivity index (χ1n) is 6.27. The zero-order chi connectivity index (χ0) is 14.3. The average molecular weight is 269 g/mol. The van der Waals surface area contributed by atoms with E-state index in [4.69, 9.17) is 10.5 Å². The SMILES string of the molecule is Cc1cc(C)c(Oc2nccn3c(C)nnc23)cc1N. The molecular weight excluding hydrogens is 254 g/mol. The molecule has 0 saturated heterocycles. The van der Waals surface area contributed by atoms with Crippen LogP contribution in [0.3, 0.4) is 0 Å². The molecule has 2 aromatic heterocycles. The predicted molar refractivity (Wildman–Crippen MR) is 75.9 cm³/mol. The number of rotatable bonds is 2. The van der Waals surface area contributed by atoms with Crippen molar-refractivity contribution in [3.63, 3.8) is 0 Å². The second kappa shape index (κ2) is 4.48. The van der Waals surface area contributed by atoms with Gasteiger partial charge in [-0.25, -0.2) is 4.98 Å². The lowest BCUT2D eigenvalue weighted by atomic mass is 10.1. The maximum atomic E-state index is 5.93. The average Bonchev–Trinajstić information content (AvgIpc) is 2.79. The highest BCUT2D eigenvalue weighted by atomic mass is 16.5. The van der Waals surface area contributed by atoms with Gasteiger partial charge in [-0.3, -0.25) is 4.40 Å². The van der Waals surface area contributed by atoms with E-state index < -0.39 is 0 Å². The van der Waals surface area contributed by atoms with Gasteiger partial charge in [-0.05, 0) is 31.9 Å². The zero-order valence-corrected chi connectivity index (χ0v) is 11.6. The first kappa shape index (κ1) is 12.4. The van der Waals surface area contributed by atoms with Gasteiger partial charge in [0.25, 0.3) is 5.88 Å². The number of aromatic nitrogens is 4. The Morgan fingerprint density at radius 3 is 2.70 bits per heavy atom. The third kappa shape index (κ3) is 1.95. The van der Waals surface area contributed by atoms with Gasteiger partial charge in [-0.15, -0.1) is 10.2 Å². The molecule has 6 nitrogen and oxygen atoms in total. The molecule has 20 heavy (non-hydrogen) atoms. The molecule has 2 heterocycles. The molecule has 0 unspecified atom stereocenters. The van der Waals surface area contributed by atoms with Gasteiger partial charge in [0.1, 0.15) is 11.6 Å². The first-order chi connectivity index (χ1) is 9.56. The van der Waals surface area contributed by atoms with Gasteiger partial charge < -0.3 is 10.5 Å². The fourth-order valence-electron chi connectivity index (χ4n) is 2.05. The topological polar surface area (TPSA) is 78.3 Å². The Labute approximate surface area is 116 Å². The van der Waals surface area contributed by atoms with Crippen molar-refractivity contribution in [2.45, 2.75) is 20.8 Å². The fraction of sp³-hybridized carbons (Fsp3) is 0.214. The number of ether oxygens (including phenoxy) is 1. The van der Waals surface area contributed by atoms with Crippen molar-refractivity contribution in [3.8, 4) is 11.6 Å². The Kier molecular flexibility index (Phi) is 2.78. The highest BCUT2D eigenvalue weighted by Gasteiger charge is 2.12. The molecule has 0 fully saturated rings. The molecule has 0 bridgehead atoms. The molecule has 0 radical (unpaired) electrons. The minimum absolute atomic E-state index is 0.416. The molecule has 1 aromatic carbocycles. The number of hydrogen-bond acceptors (Lipinski definition) is 5. The minimum Gasteiger partial charge on any atom is -0.436 e. The smallest absolute Gasteiger partial charge is 0.265 e. The van der Waals surface area contributed by atoms with Gasteiger partial charge in [-0.1, -0.05) is 6.07 Å². The molecule has 0 aliphatic carbocycles. The lowest BCUT2D eigenvalue weighted by Gasteiger charge is -2.10. The second-order valence-corrected chi connectivity index (χ2v) is 4.75. The number of hydrogen-bond donors (Lipinski definition) is 1. The zero-order valence-electron chi connectivity index (χ0n) is 11.6. The molecule has 3 rings (SSSR count). The summed E-state index contributed by atoms with van der Waals surface area (Å²) in [5, 5.41) is 8.10. The van der Waals surface area contributed by atoms with Crippen LogP contribution in [0.1, 0.15) is 17.0 Å². The van der Waals surface area contributed by atoms with Crippen LogP contribution in [0, 0.1) is 20.8 Å². The highest BCUT2D eigenvalue weighted by molar-refractivity contribution is 5.57. The van der Waals surface area contributed by atoms with E-state index in [1.807, 2.05) is 31.2 Å². The summed E-state index contributed by atoms with van der Waals surface area (Å²) in [6, 6.07) is 3.79. The fourth-order valence-corrected chi connectivity index (χ4v) is 2.05. The van der Waals surface area contributed by atoms with E-state index in [2.05, 4.69) is 15.2 Å². The summed E-state index contributed by atoms with van der Waals surface area (Å²) in [7, 11) is 0. The van der Waals surface area contributed by atoms with Crippen molar-refractivity contribution < 1.29 is 4.74 Å². The molecule has 6 heteroatoms. The third-order valence-corrected chi connectivity index (χ3v) is 3.24. The lowest BCUT2D eigenvalue weighted by Crippen LogP contribution is -1.98. The molecule has 3 aromatic rings. The summed E-state index contributed by atoms with van der Waals surface area (Å²) < 4.78 is 7.69. The van der Waals surface area contributed by atoms with Crippen LogP contribution in [0.15, 0.2) is 24.5 Å². The van der Waals surface area contributed by atoms with Crippen LogP contribution < -0.4 is 10.5 Å². The maximum absolute atomic E-state index is 5.93. The molecule has 0 saturated carbocycles. The summed E-state index contributed by atoms with van der Waals surface area (Å²) in [6.45, 7) is 5.81. The van der Waals surface area contributed by atoms with Crippen molar-refractivity contribution in [2.24, 2.45) is 0 Å². The molecule has 0 aliphatic rings. The van der Waals surface area contributed by atoms with E-state index in [-0.39, 0.29) is 0 Å². The molecule has 0 aliphatic heterocycles. The summed E-state index contributed by atoms with van der Waals surface area (Å²) in [5.41, 5.74) is 9.23. The van der Waals surface area contributed by atoms with E-state index in [0.29, 0.717) is 23.0 Å². The lowest BCUT2D eigenvalue weighted by molar-refractivity contribution is 0.461. The van der Waals surface area contributed by atoms with Crippen LogP contribution in [0.2, 0.25) is 0 Å². The number of fused-ring (bicyclic) bond motifs is 1. The Balaban J connectivity index is 2.08. The van der Waals surface area contributed by atoms with Crippen molar-refractivity contribution in [2.75, 3.05) is 5.73 Å². The summed E-state index contributed by atoms with van der Waals surface area (Å²) in [4.78, 5) is 4.22. The summed E-state index contributed by atoms with van der Waals surface area (Å²) >= 11 is 0. The predicted octanol–water partition coefficient (Wildman–Crippen LogP) is 2.42. The van der Waals surface area contributed by atoms with Gasteiger partial charge in [0.2, 0.25) is 5.65 Å². The Morgan fingerprint density at radius 2 is 1.90 bits per heavy atom. The Morgan fingerprint density at radius 1 is 1.10 bits per heavy atom. The number of anilines is 1. The Hall–Kier alpha value is -2.63. The monoisotopic (exact) mass is 269 g/mol. The molecule has 0 amide bonds. The number of benzene rings is 1. The van der Waals surface area contributed by atoms with Gasteiger partial charge in [0, 0.05) is 24.1 Å². The molecule has 2 N–H and O–H groups in total. The van der Waals surface area contributed by atoms with E-state index in [9.17, 15) is 0 Å². The minimum atomic E-state index is 0.416. The molecule has 0 atom stereocenters. The first-order valence-corrected chi connectivity index (χ1v) is 6.27. The van der Waals surface area contributed by atoms with Crippen LogP contribution in [0.5, 0.6) is 11.6 Å². The highest BCUT2D eigenvalue weighted by Crippen LogP contribution is 2.29. The van der Waals surface area contributed by atoms with Crippen molar-refractivity contribution in [1.29, 1.82) is 0 Å². The van der Waals surface area contributed by atoms with E-state index in [1.54, 1.807) is 18.5 Å². The molecule has 0 spiro atoms. The van der Waals surface area contributed by atoms with Gasteiger partial charge >= 0.3 is 0 Å². The van der Waals surface area contributed by atoms with E-state index >= 15 is 0 Å². The van der Waals surface area contributed by atoms with Crippen molar-refractivity contribution >= 4 is 11.3 Å². The number of nitrogens with zero attached hydrogens (tertiary/aromatic N) is 4. The van der Waals surface area contributed by atoms with Gasteiger partial charge in [0.05, 0.1) is 0 Å². The standard InChI is InChI=1S/C14H15N5O/c1-8-6-9(2)12(7-11(8)15)20-14-13-18-17-10(3)19(13)5-4-16-14/h4-7H,15H2,1-3H3. The molecule has 102 valence electrons. The van der Waals surface area contributed by atoms with Crippen LogP contribution >= 0.6 is 0 Å². The maximum Gasteiger partial charge on any atom is 0.265 e. The summed E-state index contributed by atoms with van der Waals surface area (Å²) in [6.07, 6.45) is 3.46. The van der Waals surface area contributed by atoms with Crippen LogP contribution in [-0.4, -0.2) is 19.6 Å².